The number of nitrogens with zero attached hydrogens (tertiary/aromatic N) is 3. The predicted molar refractivity (Wildman–Crippen MR) is 116 cm³/mol. The summed E-state index contributed by atoms with van der Waals surface area (Å²) in [6.07, 6.45) is 0. The molecular weight excluding hydrogens is 427 g/mol. The van der Waals surface area contributed by atoms with Crippen molar-refractivity contribution >= 4 is 34.0 Å². The van der Waals surface area contributed by atoms with Crippen molar-refractivity contribution in [2.45, 2.75) is 12.8 Å². The number of anilines is 2. The normalized spacial score (nSPS) is 20.6. The second kappa shape index (κ2) is 7.29. The van der Waals surface area contributed by atoms with E-state index in [0.717, 1.165) is 0 Å². The highest BCUT2D eigenvalue weighted by Gasteiger charge is 2.55. The SMILES string of the molecule is CN1CC(F)(F)C(C)(C#Cc2cc3nc(-c4cccc(Cl)c4F)nc(N)c3cc2N)C1. The number of benzene rings is 2. The van der Waals surface area contributed by atoms with Gasteiger partial charge in [-0.1, -0.05) is 29.5 Å². The third-order valence-electron chi connectivity index (χ3n) is 5.42. The maximum absolute atomic E-state index is 14.4. The number of nitrogens with two attached hydrogens (primary N) is 2. The van der Waals surface area contributed by atoms with Crippen LogP contribution in [0.2, 0.25) is 5.02 Å². The molecule has 31 heavy (non-hydrogen) atoms. The van der Waals surface area contributed by atoms with Crippen molar-refractivity contribution in [2.75, 3.05) is 31.6 Å². The predicted octanol–water partition coefficient (Wildman–Crippen LogP) is 4.19. The van der Waals surface area contributed by atoms with Gasteiger partial charge in [0, 0.05) is 23.2 Å². The van der Waals surface area contributed by atoms with Crippen LogP contribution < -0.4 is 11.5 Å². The monoisotopic (exact) mass is 445 g/mol. The van der Waals surface area contributed by atoms with E-state index in [4.69, 9.17) is 23.1 Å². The summed E-state index contributed by atoms with van der Waals surface area (Å²) in [4.78, 5) is 10.1. The van der Waals surface area contributed by atoms with Crippen molar-refractivity contribution in [2.24, 2.45) is 5.41 Å². The first-order valence-electron chi connectivity index (χ1n) is 9.41. The van der Waals surface area contributed by atoms with E-state index in [1.165, 1.54) is 30.0 Å². The van der Waals surface area contributed by atoms with E-state index in [-0.39, 0.29) is 41.0 Å². The van der Waals surface area contributed by atoms with E-state index in [1.807, 2.05) is 0 Å². The third kappa shape index (κ3) is 3.64. The molecule has 160 valence electrons. The van der Waals surface area contributed by atoms with Crippen LogP contribution in [0.15, 0.2) is 30.3 Å². The molecule has 1 saturated heterocycles. The number of halogens is 4. The van der Waals surface area contributed by atoms with Crippen molar-refractivity contribution in [1.82, 2.24) is 14.9 Å². The summed E-state index contributed by atoms with van der Waals surface area (Å²) in [6, 6.07) is 7.55. The molecule has 0 amide bonds. The maximum atomic E-state index is 14.4. The largest absolute Gasteiger partial charge is 0.398 e. The summed E-state index contributed by atoms with van der Waals surface area (Å²) < 4.78 is 43.2. The van der Waals surface area contributed by atoms with Crippen LogP contribution in [0.25, 0.3) is 22.3 Å². The molecule has 5 nitrogen and oxygen atoms in total. The van der Waals surface area contributed by atoms with Crippen LogP contribution >= 0.6 is 11.6 Å². The van der Waals surface area contributed by atoms with Gasteiger partial charge in [-0.2, -0.15) is 0 Å². The summed E-state index contributed by atoms with van der Waals surface area (Å²) in [5.74, 6) is 2.01. The lowest BCUT2D eigenvalue weighted by atomic mass is 9.86. The molecule has 0 bridgehead atoms. The lowest BCUT2D eigenvalue weighted by molar-refractivity contribution is -0.0483. The minimum atomic E-state index is -2.95. The van der Waals surface area contributed by atoms with E-state index >= 15 is 0 Å². The smallest absolute Gasteiger partial charge is 0.277 e. The van der Waals surface area contributed by atoms with Crippen LogP contribution in [0.4, 0.5) is 24.7 Å². The van der Waals surface area contributed by atoms with Gasteiger partial charge < -0.3 is 11.5 Å². The zero-order valence-electron chi connectivity index (χ0n) is 16.8. The molecule has 0 aliphatic carbocycles. The quantitative estimate of drug-likeness (QED) is 0.433. The van der Waals surface area contributed by atoms with Crippen LogP contribution in [0.5, 0.6) is 0 Å². The number of hydrogen-bond donors (Lipinski definition) is 2. The zero-order valence-corrected chi connectivity index (χ0v) is 17.6. The number of likely N-dealkylation sites (tertiary alicyclic amines) is 1. The van der Waals surface area contributed by atoms with Gasteiger partial charge in [-0.25, -0.2) is 23.1 Å². The number of aromatic nitrogens is 2. The second-order valence-electron chi connectivity index (χ2n) is 7.95. The standard InChI is InChI=1S/C22H19ClF3N5/c1-21(10-31(2)11-22(21,25)26)7-6-12-8-17-14(9-16(12)27)19(28)30-20(29-17)13-4-3-5-15(23)18(13)24/h3-5,8-9H,10-11,27H2,1-2H3,(H2,28,29,30). The summed E-state index contributed by atoms with van der Waals surface area (Å²) in [5.41, 5.74) is 11.7. The van der Waals surface area contributed by atoms with E-state index in [1.54, 1.807) is 19.2 Å². The van der Waals surface area contributed by atoms with Gasteiger partial charge >= 0.3 is 0 Å². The van der Waals surface area contributed by atoms with Crippen molar-refractivity contribution in [3.63, 3.8) is 0 Å². The molecule has 2 heterocycles. The molecule has 1 fully saturated rings. The van der Waals surface area contributed by atoms with Crippen LogP contribution in [0, 0.1) is 23.1 Å². The Morgan fingerprint density at radius 2 is 1.90 bits per heavy atom. The Morgan fingerprint density at radius 1 is 1.16 bits per heavy atom. The summed E-state index contributed by atoms with van der Waals surface area (Å²) in [5, 5.41) is 0.380. The highest BCUT2D eigenvalue weighted by Crippen LogP contribution is 2.42. The molecule has 4 rings (SSSR count). The van der Waals surface area contributed by atoms with Gasteiger partial charge in [0.1, 0.15) is 11.2 Å². The number of alkyl halides is 2. The van der Waals surface area contributed by atoms with Crippen molar-refractivity contribution in [1.29, 1.82) is 0 Å². The molecule has 1 atom stereocenters. The molecule has 3 aromatic rings. The third-order valence-corrected chi connectivity index (χ3v) is 5.72. The second-order valence-corrected chi connectivity index (χ2v) is 8.36. The average Bonchev–Trinajstić information content (AvgIpc) is 2.89. The van der Waals surface area contributed by atoms with Gasteiger partial charge in [-0.05, 0) is 38.2 Å². The molecule has 0 radical (unpaired) electrons. The molecule has 2 aromatic carbocycles. The molecule has 1 aliphatic rings. The average molecular weight is 446 g/mol. The fourth-order valence-electron chi connectivity index (χ4n) is 3.68. The van der Waals surface area contributed by atoms with E-state index in [0.29, 0.717) is 16.5 Å². The summed E-state index contributed by atoms with van der Waals surface area (Å²) >= 11 is 5.86. The summed E-state index contributed by atoms with van der Waals surface area (Å²) in [6.45, 7) is 1.21. The fraction of sp³-hybridized carbons (Fsp3) is 0.273. The van der Waals surface area contributed by atoms with Crippen molar-refractivity contribution in [3.05, 3.63) is 46.7 Å². The number of rotatable bonds is 1. The lowest BCUT2D eigenvalue weighted by Crippen LogP contribution is -2.36. The first-order valence-corrected chi connectivity index (χ1v) is 9.79. The Balaban J connectivity index is 1.83. The maximum Gasteiger partial charge on any atom is 0.277 e. The topological polar surface area (TPSA) is 81.1 Å². The van der Waals surface area contributed by atoms with Crippen LogP contribution in [0.3, 0.4) is 0 Å². The van der Waals surface area contributed by atoms with Gasteiger partial charge in [0.2, 0.25) is 0 Å². The van der Waals surface area contributed by atoms with Gasteiger partial charge in [0.15, 0.2) is 11.6 Å². The van der Waals surface area contributed by atoms with Gasteiger partial charge in [-0.15, -0.1) is 0 Å². The van der Waals surface area contributed by atoms with Crippen LogP contribution in [-0.2, 0) is 0 Å². The van der Waals surface area contributed by atoms with Crippen LogP contribution in [0.1, 0.15) is 12.5 Å². The van der Waals surface area contributed by atoms with Crippen molar-refractivity contribution < 1.29 is 13.2 Å². The minimum absolute atomic E-state index is 0.0459. The molecule has 4 N–H and O–H groups in total. The molecule has 0 spiro atoms. The molecule has 9 heteroatoms. The van der Waals surface area contributed by atoms with Crippen LogP contribution in [-0.4, -0.2) is 40.9 Å². The first kappa shape index (κ1) is 21.2. The first-order chi connectivity index (χ1) is 14.5. The summed E-state index contributed by atoms with van der Waals surface area (Å²) in [7, 11) is 1.63. The van der Waals surface area contributed by atoms with Gasteiger partial charge in [0.05, 0.1) is 22.6 Å². The molecule has 1 unspecified atom stereocenters. The molecule has 1 aliphatic heterocycles. The lowest BCUT2D eigenvalue weighted by Gasteiger charge is -2.23. The molecular formula is C22H19ClF3N5. The highest BCUT2D eigenvalue weighted by atomic mass is 35.5. The van der Waals surface area contributed by atoms with E-state index < -0.39 is 17.2 Å². The number of fused-ring (bicyclic) bond motifs is 1. The van der Waals surface area contributed by atoms with Gasteiger partial charge in [0.25, 0.3) is 5.92 Å². The van der Waals surface area contributed by atoms with E-state index in [9.17, 15) is 13.2 Å². The Hall–Kier alpha value is -3.02. The Labute approximate surface area is 182 Å². The number of hydrogen-bond acceptors (Lipinski definition) is 5. The zero-order chi connectivity index (χ0) is 22.6. The Kier molecular flexibility index (Phi) is 4.99. The minimum Gasteiger partial charge on any atom is -0.398 e. The number of nitrogen functional groups attached to an aromatic ring is 2. The molecule has 1 aromatic heterocycles. The Morgan fingerprint density at radius 3 is 2.58 bits per heavy atom. The highest BCUT2D eigenvalue weighted by molar-refractivity contribution is 6.31. The van der Waals surface area contributed by atoms with E-state index in [2.05, 4.69) is 21.8 Å². The van der Waals surface area contributed by atoms with Crippen molar-refractivity contribution in [3.8, 4) is 23.2 Å². The Bertz CT molecular complexity index is 1270. The van der Waals surface area contributed by atoms with Gasteiger partial charge in [-0.3, -0.25) is 4.90 Å². The fourth-order valence-corrected chi connectivity index (χ4v) is 3.86. The molecule has 0 saturated carbocycles.